The molecule has 0 unspecified atom stereocenters. The highest BCUT2D eigenvalue weighted by Gasteiger charge is 2.21. The molecular formula is C26H19N3O3. The number of H-pyrrole nitrogens is 1. The summed E-state index contributed by atoms with van der Waals surface area (Å²) in [6.45, 7) is 3.67. The first kappa shape index (κ1) is 19.6. The van der Waals surface area contributed by atoms with Crippen LogP contribution in [0.2, 0.25) is 0 Å². The van der Waals surface area contributed by atoms with E-state index in [-0.39, 0.29) is 5.52 Å². The van der Waals surface area contributed by atoms with Crippen molar-refractivity contribution in [3.63, 3.8) is 0 Å². The minimum Gasteiger partial charge on any atom is -0.421 e. The normalized spacial score (nSPS) is 11.7. The van der Waals surface area contributed by atoms with Gasteiger partial charge in [0.1, 0.15) is 5.58 Å². The van der Waals surface area contributed by atoms with Crippen molar-refractivity contribution >= 4 is 22.0 Å². The van der Waals surface area contributed by atoms with E-state index in [4.69, 9.17) is 4.42 Å². The molecule has 1 N–H and O–H groups in total. The fraction of sp³-hybridized carbons (Fsp3) is 0.115. The third-order valence-corrected chi connectivity index (χ3v) is 5.77. The third kappa shape index (κ3) is 3.03. The van der Waals surface area contributed by atoms with Gasteiger partial charge in [-0.2, -0.15) is 5.26 Å². The zero-order valence-corrected chi connectivity index (χ0v) is 17.5. The van der Waals surface area contributed by atoms with E-state index in [1.54, 1.807) is 18.2 Å². The highest BCUT2D eigenvalue weighted by Crippen LogP contribution is 2.29. The summed E-state index contributed by atoms with van der Waals surface area (Å²) in [7, 11) is 0. The Morgan fingerprint density at radius 3 is 2.34 bits per heavy atom. The molecule has 5 rings (SSSR count). The molecule has 0 amide bonds. The average Bonchev–Trinajstić information content (AvgIpc) is 3.17. The van der Waals surface area contributed by atoms with Gasteiger partial charge in [-0.25, -0.2) is 9.59 Å². The van der Waals surface area contributed by atoms with Crippen LogP contribution in [0.25, 0.3) is 38.8 Å². The number of aromatic amines is 1. The first-order chi connectivity index (χ1) is 15.4. The molecule has 0 spiro atoms. The second-order valence-corrected chi connectivity index (χ2v) is 8.24. The lowest BCUT2D eigenvalue weighted by atomic mass is 9.86. The minimum atomic E-state index is -0.651. The molecule has 0 aliphatic heterocycles. The molecular weight excluding hydrogens is 402 g/mol. The predicted octanol–water partition coefficient (Wildman–Crippen LogP) is 4.89. The van der Waals surface area contributed by atoms with Crippen LogP contribution < -0.4 is 11.3 Å². The fourth-order valence-corrected chi connectivity index (χ4v) is 3.94. The Labute approximate surface area is 183 Å². The smallest absolute Gasteiger partial charge is 0.362 e. The van der Waals surface area contributed by atoms with E-state index in [2.05, 4.69) is 11.1 Å². The molecule has 0 aliphatic carbocycles. The van der Waals surface area contributed by atoms with E-state index in [1.165, 1.54) is 4.57 Å². The molecule has 0 fully saturated rings. The van der Waals surface area contributed by atoms with Gasteiger partial charge in [0.25, 0.3) is 0 Å². The number of nitrogens with zero attached hydrogens (tertiary/aromatic N) is 2. The van der Waals surface area contributed by atoms with Crippen LogP contribution in [-0.4, -0.2) is 9.55 Å². The molecule has 2 heterocycles. The quantitative estimate of drug-likeness (QED) is 0.420. The summed E-state index contributed by atoms with van der Waals surface area (Å²) in [6, 6.07) is 24.9. The number of aromatic nitrogens is 2. The molecule has 0 radical (unpaired) electrons. The van der Waals surface area contributed by atoms with Gasteiger partial charge in [0.05, 0.1) is 22.7 Å². The molecule has 0 bridgehead atoms. The first-order valence-corrected chi connectivity index (χ1v) is 10.2. The predicted molar refractivity (Wildman–Crippen MR) is 124 cm³/mol. The minimum absolute atomic E-state index is 0.120. The second-order valence-electron chi connectivity index (χ2n) is 8.24. The van der Waals surface area contributed by atoms with Crippen molar-refractivity contribution < 1.29 is 4.42 Å². The molecule has 2 aromatic heterocycles. The number of fused-ring (bicyclic) bond motifs is 3. The molecule has 6 heteroatoms. The zero-order valence-electron chi connectivity index (χ0n) is 17.5. The van der Waals surface area contributed by atoms with Gasteiger partial charge in [-0.15, -0.1) is 0 Å². The molecule has 5 aromatic rings. The Balaban J connectivity index is 1.80. The largest absolute Gasteiger partial charge is 0.421 e. The van der Waals surface area contributed by atoms with Crippen LogP contribution in [0.5, 0.6) is 0 Å². The van der Waals surface area contributed by atoms with E-state index in [0.29, 0.717) is 22.2 Å². The Hall–Kier alpha value is -4.37. The molecule has 6 nitrogen and oxygen atoms in total. The summed E-state index contributed by atoms with van der Waals surface area (Å²) < 4.78 is 6.95. The Morgan fingerprint density at radius 1 is 0.938 bits per heavy atom. The van der Waals surface area contributed by atoms with E-state index < -0.39 is 16.7 Å². The topological polar surface area (TPSA) is 91.8 Å². The fourth-order valence-electron chi connectivity index (χ4n) is 3.94. The summed E-state index contributed by atoms with van der Waals surface area (Å²) in [4.78, 5) is 28.1. The first-order valence-electron chi connectivity index (χ1n) is 10.2. The Morgan fingerprint density at radius 2 is 1.66 bits per heavy atom. The SMILES string of the molecule is CC(C)(C#N)c1ccc(-n2c(=O)[nH]c3c(=O)oc4ccc(-c5ccccc5)cc4c32)cc1. The van der Waals surface area contributed by atoms with Gasteiger partial charge in [-0.3, -0.25) is 9.55 Å². The molecule has 0 saturated heterocycles. The number of hydrogen-bond donors (Lipinski definition) is 1. The van der Waals surface area contributed by atoms with Gasteiger partial charge in [-0.05, 0) is 54.8 Å². The highest BCUT2D eigenvalue weighted by molar-refractivity contribution is 6.03. The molecule has 156 valence electrons. The summed E-state index contributed by atoms with van der Waals surface area (Å²) >= 11 is 0. The van der Waals surface area contributed by atoms with Crippen LogP contribution >= 0.6 is 0 Å². The van der Waals surface area contributed by atoms with E-state index in [9.17, 15) is 14.9 Å². The standard InChI is InChI=1S/C26H19N3O3/c1-26(2,15-27)18-9-11-19(12-10-18)29-23-20-14-17(16-6-4-3-5-7-16)8-13-21(20)32-24(30)22(23)28-25(29)31/h3-14H,1-2H3,(H,28,31). The van der Waals surface area contributed by atoms with Gasteiger partial charge >= 0.3 is 11.3 Å². The van der Waals surface area contributed by atoms with Crippen LogP contribution in [0, 0.1) is 11.3 Å². The Bertz CT molecular complexity index is 1630. The van der Waals surface area contributed by atoms with Gasteiger partial charge < -0.3 is 4.42 Å². The molecule has 0 saturated carbocycles. The summed E-state index contributed by atoms with van der Waals surface area (Å²) in [5.74, 6) is 0. The van der Waals surface area contributed by atoms with Crippen LogP contribution in [0.3, 0.4) is 0 Å². The average molecular weight is 421 g/mol. The van der Waals surface area contributed by atoms with Gasteiger partial charge in [0.2, 0.25) is 0 Å². The summed E-state index contributed by atoms with van der Waals surface area (Å²) in [6.07, 6.45) is 0. The van der Waals surface area contributed by atoms with Gasteiger partial charge in [0.15, 0.2) is 5.52 Å². The number of hydrogen-bond acceptors (Lipinski definition) is 4. The lowest BCUT2D eigenvalue weighted by Gasteiger charge is -2.16. The number of imidazole rings is 1. The van der Waals surface area contributed by atoms with Crippen molar-refractivity contribution in [3.8, 4) is 22.9 Å². The second kappa shape index (κ2) is 7.10. The maximum absolute atomic E-state index is 12.9. The monoisotopic (exact) mass is 421 g/mol. The summed E-state index contributed by atoms with van der Waals surface area (Å²) in [5.41, 5.74) is 2.69. The number of nitrogens with one attached hydrogen (secondary N) is 1. The van der Waals surface area contributed by atoms with Crippen LogP contribution in [0.15, 0.2) is 86.8 Å². The highest BCUT2D eigenvalue weighted by atomic mass is 16.4. The van der Waals surface area contributed by atoms with Crippen LogP contribution in [-0.2, 0) is 5.41 Å². The van der Waals surface area contributed by atoms with Crippen LogP contribution in [0.4, 0.5) is 0 Å². The maximum Gasteiger partial charge on any atom is 0.362 e. The Kier molecular flexibility index (Phi) is 4.35. The van der Waals surface area contributed by atoms with E-state index in [0.717, 1.165) is 16.7 Å². The van der Waals surface area contributed by atoms with Crippen LogP contribution in [0.1, 0.15) is 19.4 Å². The third-order valence-electron chi connectivity index (χ3n) is 5.77. The lowest BCUT2D eigenvalue weighted by Crippen LogP contribution is -2.16. The van der Waals surface area contributed by atoms with Crippen molar-refractivity contribution in [2.75, 3.05) is 0 Å². The van der Waals surface area contributed by atoms with E-state index >= 15 is 0 Å². The molecule has 3 aromatic carbocycles. The van der Waals surface area contributed by atoms with Crippen molar-refractivity contribution in [3.05, 3.63) is 99.3 Å². The van der Waals surface area contributed by atoms with E-state index in [1.807, 2.05) is 68.4 Å². The molecule has 32 heavy (non-hydrogen) atoms. The van der Waals surface area contributed by atoms with Crippen molar-refractivity contribution in [2.24, 2.45) is 0 Å². The van der Waals surface area contributed by atoms with Crippen molar-refractivity contribution in [2.45, 2.75) is 19.3 Å². The van der Waals surface area contributed by atoms with Crippen molar-refractivity contribution in [1.82, 2.24) is 9.55 Å². The number of nitriles is 1. The molecule has 0 atom stereocenters. The number of rotatable bonds is 3. The molecule has 0 aliphatic rings. The van der Waals surface area contributed by atoms with Gasteiger partial charge in [-0.1, -0.05) is 48.5 Å². The van der Waals surface area contributed by atoms with Crippen molar-refractivity contribution in [1.29, 1.82) is 5.26 Å². The number of benzene rings is 3. The van der Waals surface area contributed by atoms with Gasteiger partial charge in [0, 0.05) is 5.39 Å². The lowest BCUT2D eigenvalue weighted by molar-refractivity contribution is 0.568. The summed E-state index contributed by atoms with van der Waals surface area (Å²) in [5, 5.41) is 10.1. The maximum atomic E-state index is 12.9. The zero-order chi connectivity index (χ0) is 22.5.